The molecule has 0 aromatic heterocycles. The average molecular weight is 211 g/mol. The highest BCUT2D eigenvalue weighted by atomic mass is 15.3. The molecule has 1 heterocycles. The Balaban J connectivity index is 1.64. The zero-order valence-corrected chi connectivity index (χ0v) is 10.2. The van der Waals surface area contributed by atoms with E-state index in [4.69, 9.17) is 0 Å². The lowest BCUT2D eigenvalue weighted by Gasteiger charge is -2.36. The highest BCUT2D eigenvalue weighted by molar-refractivity contribution is 4.87. The van der Waals surface area contributed by atoms with E-state index in [1.807, 2.05) is 7.05 Å². The van der Waals surface area contributed by atoms with E-state index >= 15 is 0 Å². The molecule has 0 radical (unpaired) electrons. The maximum atomic E-state index is 3.26. The van der Waals surface area contributed by atoms with Gasteiger partial charge in [-0.05, 0) is 32.4 Å². The molecule has 0 amide bonds. The van der Waals surface area contributed by atoms with E-state index < -0.39 is 0 Å². The molecule has 1 unspecified atom stereocenters. The summed E-state index contributed by atoms with van der Waals surface area (Å²) in [6, 6.07) is 0.960. The monoisotopic (exact) mass is 211 g/mol. The van der Waals surface area contributed by atoms with Crippen molar-refractivity contribution in [1.82, 2.24) is 15.1 Å². The summed E-state index contributed by atoms with van der Waals surface area (Å²) < 4.78 is 0. The smallest absolute Gasteiger partial charge is 0.0113 e. The molecule has 2 rings (SSSR count). The second kappa shape index (κ2) is 5.28. The number of hydrogen-bond acceptors (Lipinski definition) is 3. The first kappa shape index (κ1) is 11.4. The summed E-state index contributed by atoms with van der Waals surface area (Å²) in [5.74, 6) is 0.780. The van der Waals surface area contributed by atoms with Crippen LogP contribution in [0.15, 0.2) is 0 Å². The maximum absolute atomic E-state index is 3.26. The Bertz CT molecular complexity index is 183. The van der Waals surface area contributed by atoms with Gasteiger partial charge in [0.1, 0.15) is 0 Å². The molecular formula is C12H25N3. The number of piperazine rings is 1. The summed E-state index contributed by atoms with van der Waals surface area (Å²) in [6.45, 7) is 9.91. The van der Waals surface area contributed by atoms with E-state index in [-0.39, 0.29) is 0 Å². The largest absolute Gasteiger partial charge is 0.319 e. The normalized spacial score (nSPS) is 26.8. The van der Waals surface area contributed by atoms with Crippen LogP contribution in [0.4, 0.5) is 0 Å². The van der Waals surface area contributed by atoms with Crippen molar-refractivity contribution in [3.05, 3.63) is 0 Å². The van der Waals surface area contributed by atoms with Crippen molar-refractivity contribution in [3.8, 4) is 0 Å². The van der Waals surface area contributed by atoms with Gasteiger partial charge in [-0.1, -0.05) is 6.92 Å². The van der Waals surface area contributed by atoms with Gasteiger partial charge in [-0.2, -0.15) is 0 Å². The highest BCUT2D eigenvalue weighted by Crippen LogP contribution is 2.27. The Kier molecular flexibility index (Phi) is 4.00. The molecule has 0 aromatic carbocycles. The van der Waals surface area contributed by atoms with Gasteiger partial charge in [0.15, 0.2) is 0 Å². The van der Waals surface area contributed by atoms with Crippen molar-refractivity contribution >= 4 is 0 Å². The minimum absolute atomic E-state index is 0.780. The quantitative estimate of drug-likeness (QED) is 0.719. The molecule has 0 spiro atoms. The molecule has 1 atom stereocenters. The van der Waals surface area contributed by atoms with E-state index in [0.29, 0.717) is 0 Å². The molecule has 1 aliphatic heterocycles. The van der Waals surface area contributed by atoms with Gasteiger partial charge >= 0.3 is 0 Å². The van der Waals surface area contributed by atoms with Crippen LogP contribution in [0.1, 0.15) is 19.8 Å². The SMILES string of the molecule is CNCC(C)CN1CCN(C2CC2)CC1. The van der Waals surface area contributed by atoms with Crippen molar-refractivity contribution in [2.45, 2.75) is 25.8 Å². The zero-order chi connectivity index (χ0) is 10.7. The number of nitrogens with zero attached hydrogens (tertiary/aromatic N) is 2. The van der Waals surface area contributed by atoms with Gasteiger partial charge < -0.3 is 10.2 Å². The second-order valence-corrected chi connectivity index (χ2v) is 5.23. The fourth-order valence-corrected chi connectivity index (χ4v) is 2.60. The Morgan fingerprint density at radius 1 is 1.20 bits per heavy atom. The van der Waals surface area contributed by atoms with Crippen LogP contribution in [0.2, 0.25) is 0 Å². The molecule has 2 fully saturated rings. The molecule has 3 heteroatoms. The summed E-state index contributed by atoms with van der Waals surface area (Å²) in [6.07, 6.45) is 2.91. The van der Waals surface area contributed by atoms with Gasteiger partial charge in [-0.25, -0.2) is 0 Å². The van der Waals surface area contributed by atoms with E-state index in [1.165, 1.54) is 45.6 Å². The van der Waals surface area contributed by atoms with Crippen LogP contribution in [0.5, 0.6) is 0 Å². The molecule has 1 N–H and O–H groups in total. The average Bonchev–Trinajstić information content (AvgIpc) is 3.03. The predicted octanol–water partition coefficient (Wildman–Crippen LogP) is 0.622. The summed E-state index contributed by atoms with van der Waals surface area (Å²) in [5, 5.41) is 3.26. The molecule has 3 nitrogen and oxygen atoms in total. The van der Waals surface area contributed by atoms with Gasteiger partial charge in [-0.15, -0.1) is 0 Å². The summed E-state index contributed by atoms with van der Waals surface area (Å²) in [4.78, 5) is 5.31. The molecule has 1 saturated carbocycles. The first-order chi connectivity index (χ1) is 7.29. The Labute approximate surface area is 93.8 Å². The number of rotatable bonds is 5. The third-order valence-electron chi connectivity index (χ3n) is 3.59. The van der Waals surface area contributed by atoms with Crippen molar-refractivity contribution in [2.24, 2.45) is 5.92 Å². The van der Waals surface area contributed by atoms with Crippen LogP contribution in [0, 0.1) is 5.92 Å². The van der Waals surface area contributed by atoms with Crippen molar-refractivity contribution in [2.75, 3.05) is 46.3 Å². The number of hydrogen-bond donors (Lipinski definition) is 1. The fraction of sp³-hybridized carbons (Fsp3) is 1.00. The lowest BCUT2D eigenvalue weighted by atomic mass is 10.1. The van der Waals surface area contributed by atoms with E-state index in [1.54, 1.807) is 0 Å². The molecule has 0 aromatic rings. The van der Waals surface area contributed by atoms with Crippen molar-refractivity contribution in [3.63, 3.8) is 0 Å². The summed E-state index contributed by atoms with van der Waals surface area (Å²) in [5.41, 5.74) is 0. The second-order valence-electron chi connectivity index (χ2n) is 5.23. The maximum Gasteiger partial charge on any atom is 0.0113 e. The standard InChI is InChI=1S/C12H25N3/c1-11(9-13-2)10-14-5-7-15(8-6-14)12-3-4-12/h11-13H,3-10H2,1-2H3. The Hall–Kier alpha value is -0.120. The van der Waals surface area contributed by atoms with E-state index in [9.17, 15) is 0 Å². The van der Waals surface area contributed by atoms with Gasteiger partial charge in [0, 0.05) is 38.8 Å². The zero-order valence-electron chi connectivity index (χ0n) is 10.2. The van der Waals surface area contributed by atoms with Crippen LogP contribution < -0.4 is 5.32 Å². The molecule has 1 saturated heterocycles. The minimum Gasteiger partial charge on any atom is -0.319 e. The van der Waals surface area contributed by atoms with Crippen LogP contribution in [-0.4, -0.2) is 62.2 Å². The van der Waals surface area contributed by atoms with Crippen LogP contribution in [-0.2, 0) is 0 Å². The Morgan fingerprint density at radius 2 is 1.87 bits per heavy atom. The van der Waals surface area contributed by atoms with Crippen molar-refractivity contribution < 1.29 is 0 Å². The topological polar surface area (TPSA) is 18.5 Å². The van der Waals surface area contributed by atoms with Crippen LogP contribution >= 0.6 is 0 Å². The minimum atomic E-state index is 0.780. The first-order valence-electron chi connectivity index (χ1n) is 6.40. The van der Waals surface area contributed by atoms with E-state index in [2.05, 4.69) is 22.0 Å². The number of nitrogens with one attached hydrogen (secondary N) is 1. The van der Waals surface area contributed by atoms with E-state index in [0.717, 1.165) is 18.5 Å². The summed E-state index contributed by atoms with van der Waals surface area (Å²) >= 11 is 0. The van der Waals surface area contributed by atoms with Gasteiger partial charge in [0.05, 0.1) is 0 Å². The lowest BCUT2D eigenvalue weighted by molar-refractivity contribution is 0.115. The molecule has 2 aliphatic rings. The van der Waals surface area contributed by atoms with Crippen molar-refractivity contribution in [1.29, 1.82) is 0 Å². The van der Waals surface area contributed by atoms with Crippen LogP contribution in [0.3, 0.4) is 0 Å². The van der Waals surface area contributed by atoms with Gasteiger partial charge in [0.25, 0.3) is 0 Å². The molecule has 0 bridgehead atoms. The van der Waals surface area contributed by atoms with Gasteiger partial charge in [-0.3, -0.25) is 4.90 Å². The molecule has 1 aliphatic carbocycles. The third-order valence-corrected chi connectivity index (χ3v) is 3.59. The Morgan fingerprint density at radius 3 is 2.40 bits per heavy atom. The molecule has 88 valence electrons. The molecular weight excluding hydrogens is 186 g/mol. The first-order valence-corrected chi connectivity index (χ1v) is 6.40. The summed E-state index contributed by atoms with van der Waals surface area (Å²) in [7, 11) is 2.04. The highest BCUT2D eigenvalue weighted by Gasteiger charge is 2.31. The third kappa shape index (κ3) is 3.44. The fourth-order valence-electron chi connectivity index (χ4n) is 2.60. The van der Waals surface area contributed by atoms with Crippen LogP contribution in [0.25, 0.3) is 0 Å². The van der Waals surface area contributed by atoms with Gasteiger partial charge in [0.2, 0.25) is 0 Å². The predicted molar refractivity (Wildman–Crippen MR) is 64.1 cm³/mol. The lowest BCUT2D eigenvalue weighted by Crippen LogP contribution is -2.48. The molecule has 15 heavy (non-hydrogen) atoms.